The average molecular weight is 256 g/mol. The van der Waals surface area contributed by atoms with Crippen LogP contribution in [0, 0.1) is 6.92 Å². The minimum atomic E-state index is 0.688. The lowest BCUT2D eigenvalue weighted by atomic mass is 10.1. The van der Waals surface area contributed by atoms with E-state index >= 15 is 0 Å². The molecule has 0 fully saturated rings. The van der Waals surface area contributed by atoms with Crippen LogP contribution >= 0.6 is 0 Å². The first-order valence-corrected chi connectivity index (χ1v) is 6.57. The van der Waals surface area contributed by atoms with E-state index in [1.807, 2.05) is 19.4 Å². The SMILES string of the molecule is CNCCCNc1ncc(-c2cccc(C)c2)cn1. The summed E-state index contributed by atoms with van der Waals surface area (Å²) in [6, 6.07) is 8.35. The van der Waals surface area contributed by atoms with E-state index in [1.54, 1.807) is 0 Å². The molecule has 0 unspecified atom stereocenters. The van der Waals surface area contributed by atoms with Crippen molar-refractivity contribution in [1.29, 1.82) is 0 Å². The summed E-state index contributed by atoms with van der Waals surface area (Å²) in [7, 11) is 1.95. The van der Waals surface area contributed by atoms with Crippen LogP contribution in [0.2, 0.25) is 0 Å². The van der Waals surface area contributed by atoms with Crippen molar-refractivity contribution in [3.05, 3.63) is 42.2 Å². The molecule has 100 valence electrons. The van der Waals surface area contributed by atoms with Crippen LogP contribution in [0.1, 0.15) is 12.0 Å². The van der Waals surface area contributed by atoms with Gasteiger partial charge in [-0.1, -0.05) is 29.8 Å². The molecular weight excluding hydrogens is 236 g/mol. The smallest absolute Gasteiger partial charge is 0.222 e. The summed E-state index contributed by atoms with van der Waals surface area (Å²) in [6.45, 7) is 3.96. The van der Waals surface area contributed by atoms with Crippen LogP contribution in [0.4, 0.5) is 5.95 Å². The molecule has 0 saturated heterocycles. The van der Waals surface area contributed by atoms with Crippen molar-refractivity contribution in [1.82, 2.24) is 15.3 Å². The molecule has 1 aromatic heterocycles. The summed E-state index contributed by atoms with van der Waals surface area (Å²) in [6.07, 6.45) is 4.78. The van der Waals surface area contributed by atoms with Crippen molar-refractivity contribution < 1.29 is 0 Å². The number of rotatable bonds is 6. The molecule has 4 heteroatoms. The predicted octanol–water partition coefficient (Wildman–Crippen LogP) is 2.47. The second-order valence-corrected chi connectivity index (χ2v) is 4.55. The third kappa shape index (κ3) is 4.03. The number of anilines is 1. The maximum atomic E-state index is 4.34. The lowest BCUT2D eigenvalue weighted by Gasteiger charge is -2.06. The van der Waals surface area contributed by atoms with Gasteiger partial charge in [-0.3, -0.25) is 0 Å². The highest BCUT2D eigenvalue weighted by atomic mass is 15.1. The second-order valence-electron chi connectivity index (χ2n) is 4.55. The highest BCUT2D eigenvalue weighted by Gasteiger charge is 2.00. The molecular formula is C15H20N4. The van der Waals surface area contributed by atoms with Gasteiger partial charge in [0.1, 0.15) is 0 Å². The van der Waals surface area contributed by atoms with Crippen molar-refractivity contribution in [3.8, 4) is 11.1 Å². The van der Waals surface area contributed by atoms with Crippen molar-refractivity contribution >= 4 is 5.95 Å². The van der Waals surface area contributed by atoms with Crippen LogP contribution in [0.5, 0.6) is 0 Å². The Morgan fingerprint density at radius 1 is 1.05 bits per heavy atom. The molecule has 0 aliphatic carbocycles. The first-order chi connectivity index (χ1) is 9.29. The lowest BCUT2D eigenvalue weighted by molar-refractivity contribution is 0.745. The topological polar surface area (TPSA) is 49.8 Å². The third-order valence-corrected chi connectivity index (χ3v) is 2.89. The summed E-state index contributed by atoms with van der Waals surface area (Å²) in [5.74, 6) is 0.688. The number of aromatic nitrogens is 2. The molecule has 0 amide bonds. The average Bonchev–Trinajstić information content (AvgIpc) is 2.44. The summed E-state index contributed by atoms with van der Waals surface area (Å²) in [5.41, 5.74) is 3.44. The maximum absolute atomic E-state index is 4.34. The number of hydrogen-bond acceptors (Lipinski definition) is 4. The lowest BCUT2D eigenvalue weighted by Crippen LogP contribution is -2.13. The van der Waals surface area contributed by atoms with E-state index in [1.165, 1.54) is 5.56 Å². The first kappa shape index (κ1) is 13.5. The van der Waals surface area contributed by atoms with Gasteiger partial charge in [-0.25, -0.2) is 9.97 Å². The zero-order valence-electron chi connectivity index (χ0n) is 11.5. The van der Waals surface area contributed by atoms with Crippen molar-refractivity contribution in [2.24, 2.45) is 0 Å². The van der Waals surface area contributed by atoms with Gasteiger partial charge in [-0.05, 0) is 32.5 Å². The first-order valence-electron chi connectivity index (χ1n) is 6.57. The quantitative estimate of drug-likeness (QED) is 0.780. The Morgan fingerprint density at radius 3 is 2.53 bits per heavy atom. The van der Waals surface area contributed by atoms with Gasteiger partial charge in [0.25, 0.3) is 0 Å². The number of aryl methyl sites for hydroxylation is 1. The summed E-state index contributed by atoms with van der Waals surface area (Å²) in [4.78, 5) is 8.68. The fraction of sp³-hybridized carbons (Fsp3) is 0.333. The molecule has 19 heavy (non-hydrogen) atoms. The summed E-state index contributed by atoms with van der Waals surface area (Å²) in [5, 5.41) is 6.32. The number of hydrogen-bond donors (Lipinski definition) is 2. The fourth-order valence-electron chi connectivity index (χ4n) is 1.86. The molecule has 4 nitrogen and oxygen atoms in total. The van der Waals surface area contributed by atoms with Crippen molar-refractivity contribution in [2.45, 2.75) is 13.3 Å². The van der Waals surface area contributed by atoms with E-state index in [0.29, 0.717) is 5.95 Å². The number of nitrogens with zero attached hydrogens (tertiary/aromatic N) is 2. The van der Waals surface area contributed by atoms with Crippen LogP contribution in [0.15, 0.2) is 36.7 Å². The van der Waals surface area contributed by atoms with Crippen LogP contribution in [-0.4, -0.2) is 30.1 Å². The fourth-order valence-corrected chi connectivity index (χ4v) is 1.86. The molecule has 0 aliphatic heterocycles. The van der Waals surface area contributed by atoms with Gasteiger partial charge in [-0.15, -0.1) is 0 Å². The molecule has 2 N–H and O–H groups in total. The van der Waals surface area contributed by atoms with Crippen LogP contribution in [0.25, 0.3) is 11.1 Å². The van der Waals surface area contributed by atoms with Gasteiger partial charge >= 0.3 is 0 Å². The van der Waals surface area contributed by atoms with E-state index in [-0.39, 0.29) is 0 Å². The van der Waals surface area contributed by atoms with Crippen molar-refractivity contribution in [3.63, 3.8) is 0 Å². The molecule has 0 aliphatic rings. The van der Waals surface area contributed by atoms with Gasteiger partial charge in [0.05, 0.1) is 0 Å². The van der Waals surface area contributed by atoms with Gasteiger partial charge in [-0.2, -0.15) is 0 Å². The van der Waals surface area contributed by atoms with Gasteiger partial charge in [0, 0.05) is 24.5 Å². The van der Waals surface area contributed by atoms with Crippen LogP contribution in [-0.2, 0) is 0 Å². The second kappa shape index (κ2) is 6.85. The molecule has 1 heterocycles. The monoisotopic (exact) mass is 256 g/mol. The Kier molecular flexibility index (Phi) is 4.86. The highest BCUT2D eigenvalue weighted by molar-refractivity contribution is 5.62. The molecule has 0 saturated carbocycles. The number of benzene rings is 1. The Balaban J connectivity index is 1.98. The molecule has 0 radical (unpaired) electrons. The Labute approximate surface area is 114 Å². The molecule has 0 atom stereocenters. The standard InChI is InChI=1S/C15H20N4/c1-12-5-3-6-13(9-12)14-10-18-15(19-11-14)17-8-4-7-16-2/h3,5-6,9-11,16H,4,7-8H2,1-2H3,(H,17,18,19). The minimum absolute atomic E-state index is 0.688. The van der Waals surface area contributed by atoms with Gasteiger partial charge < -0.3 is 10.6 Å². The van der Waals surface area contributed by atoms with E-state index < -0.39 is 0 Å². The molecule has 1 aromatic carbocycles. The Bertz CT molecular complexity index is 508. The normalized spacial score (nSPS) is 10.4. The molecule has 2 rings (SSSR count). The zero-order valence-corrected chi connectivity index (χ0v) is 11.5. The third-order valence-electron chi connectivity index (χ3n) is 2.89. The number of nitrogens with one attached hydrogen (secondary N) is 2. The zero-order chi connectivity index (χ0) is 13.5. The van der Waals surface area contributed by atoms with E-state index in [9.17, 15) is 0 Å². The van der Waals surface area contributed by atoms with Gasteiger partial charge in [0.2, 0.25) is 5.95 Å². The van der Waals surface area contributed by atoms with E-state index in [4.69, 9.17) is 0 Å². The Morgan fingerprint density at radius 2 is 1.84 bits per heavy atom. The van der Waals surface area contributed by atoms with Gasteiger partial charge in [0.15, 0.2) is 0 Å². The van der Waals surface area contributed by atoms with E-state index in [2.05, 4.69) is 51.8 Å². The van der Waals surface area contributed by atoms with Crippen LogP contribution in [0.3, 0.4) is 0 Å². The van der Waals surface area contributed by atoms with Crippen LogP contribution < -0.4 is 10.6 Å². The highest BCUT2D eigenvalue weighted by Crippen LogP contribution is 2.18. The molecule has 2 aromatic rings. The molecule has 0 spiro atoms. The predicted molar refractivity (Wildman–Crippen MR) is 79.2 cm³/mol. The molecule has 0 bridgehead atoms. The summed E-state index contributed by atoms with van der Waals surface area (Å²) < 4.78 is 0. The summed E-state index contributed by atoms with van der Waals surface area (Å²) >= 11 is 0. The van der Waals surface area contributed by atoms with Crippen molar-refractivity contribution in [2.75, 3.05) is 25.5 Å². The minimum Gasteiger partial charge on any atom is -0.354 e. The van der Waals surface area contributed by atoms with E-state index in [0.717, 1.165) is 30.6 Å². The largest absolute Gasteiger partial charge is 0.354 e. The maximum Gasteiger partial charge on any atom is 0.222 e. The Hall–Kier alpha value is -1.94.